The van der Waals surface area contributed by atoms with Gasteiger partial charge in [-0.05, 0) is 36.6 Å². The first kappa shape index (κ1) is 15.6. The van der Waals surface area contributed by atoms with Crippen LogP contribution in [0.15, 0.2) is 77.8 Å². The Balaban J connectivity index is 2.01. The lowest BCUT2D eigenvalue weighted by molar-refractivity contribution is 0.511. The molecule has 0 saturated carbocycles. The van der Waals surface area contributed by atoms with Gasteiger partial charge < -0.3 is 0 Å². The molecule has 0 radical (unpaired) electrons. The van der Waals surface area contributed by atoms with Crippen molar-refractivity contribution < 1.29 is 8.42 Å². The van der Waals surface area contributed by atoms with Crippen LogP contribution >= 0.6 is 0 Å². The van der Waals surface area contributed by atoms with Gasteiger partial charge in [-0.1, -0.05) is 60.2 Å². The number of nitrogens with zero attached hydrogens (tertiary/aromatic N) is 1. The van der Waals surface area contributed by atoms with Gasteiger partial charge in [-0.2, -0.15) is 0 Å². The minimum Gasteiger partial charge on any atom is -0.269 e. The van der Waals surface area contributed by atoms with Crippen LogP contribution in [0.5, 0.6) is 0 Å². The van der Waals surface area contributed by atoms with Gasteiger partial charge in [0.2, 0.25) is 0 Å². The third-order valence-corrected chi connectivity index (χ3v) is 5.61. The summed E-state index contributed by atoms with van der Waals surface area (Å²) in [5.41, 5.74) is 3.92. The predicted molar refractivity (Wildman–Crippen MR) is 93.2 cm³/mol. The van der Waals surface area contributed by atoms with Gasteiger partial charge in [-0.15, -0.1) is 0 Å². The molecule has 0 aromatic heterocycles. The largest absolute Gasteiger partial charge is 0.269 e. The third kappa shape index (κ3) is 3.22. The fourth-order valence-electron chi connectivity index (χ4n) is 2.64. The highest BCUT2D eigenvalue weighted by molar-refractivity contribution is 7.89. The molecule has 3 nitrogen and oxygen atoms in total. The van der Waals surface area contributed by atoms with Gasteiger partial charge >= 0.3 is 0 Å². The number of hydrogen-bond acceptors (Lipinski definition) is 2. The number of rotatable bonds is 3. The molecule has 0 saturated heterocycles. The second-order valence-electron chi connectivity index (χ2n) is 5.81. The minimum absolute atomic E-state index is 0.307. The van der Waals surface area contributed by atoms with Crippen molar-refractivity contribution in [1.29, 1.82) is 0 Å². The molecule has 2 aromatic carbocycles. The van der Waals surface area contributed by atoms with Gasteiger partial charge in [0.05, 0.1) is 11.4 Å². The molecule has 0 aliphatic carbocycles. The Morgan fingerprint density at radius 3 is 2.30 bits per heavy atom. The second-order valence-corrected chi connectivity index (χ2v) is 7.70. The first-order valence-electron chi connectivity index (χ1n) is 7.48. The monoisotopic (exact) mass is 325 g/mol. The molecule has 1 heterocycles. The Bertz CT molecular complexity index is 850. The average molecular weight is 325 g/mol. The third-order valence-electron chi connectivity index (χ3n) is 3.89. The van der Waals surface area contributed by atoms with Gasteiger partial charge in [0.1, 0.15) is 0 Å². The molecule has 23 heavy (non-hydrogen) atoms. The van der Waals surface area contributed by atoms with Crippen molar-refractivity contribution in [2.24, 2.45) is 0 Å². The topological polar surface area (TPSA) is 37.4 Å². The highest BCUT2D eigenvalue weighted by Gasteiger charge is 2.26. The van der Waals surface area contributed by atoms with Gasteiger partial charge in [0.25, 0.3) is 10.0 Å². The minimum atomic E-state index is -3.56. The van der Waals surface area contributed by atoms with Crippen molar-refractivity contribution in [3.05, 3.63) is 84.1 Å². The van der Waals surface area contributed by atoms with E-state index in [0.717, 1.165) is 22.3 Å². The van der Waals surface area contributed by atoms with Crippen LogP contribution < -0.4 is 0 Å². The summed E-state index contributed by atoms with van der Waals surface area (Å²) in [7, 11) is -3.56. The van der Waals surface area contributed by atoms with Crippen LogP contribution in [0.1, 0.15) is 17.5 Å². The second kappa shape index (κ2) is 6.05. The summed E-state index contributed by atoms with van der Waals surface area (Å²) in [6.45, 7) is 6.28. The molecule has 0 unspecified atom stereocenters. The summed E-state index contributed by atoms with van der Waals surface area (Å²) < 4.78 is 27.1. The molecule has 4 heteroatoms. The molecule has 0 fully saturated rings. The maximum absolute atomic E-state index is 12.9. The van der Waals surface area contributed by atoms with Crippen molar-refractivity contribution in [2.75, 3.05) is 6.54 Å². The predicted octanol–water partition coefficient (Wildman–Crippen LogP) is 3.99. The van der Waals surface area contributed by atoms with E-state index in [0.29, 0.717) is 17.9 Å². The molecule has 0 bridgehead atoms. The lowest BCUT2D eigenvalue weighted by atomic mass is 9.98. The molecule has 0 atom stereocenters. The molecule has 3 rings (SSSR count). The summed E-state index contributed by atoms with van der Waals surface area (Å²) in [5, 5.41) is 0. The molecule has 1 aliphatic heterocycles. The normalized spacial score (nSPS) is 15.4. The van der Waals surface area contributed by atoms with Crippen LogP contribution in [-0.2, 0) is 10.0 Å². The van der Waals surface area contributed by atoms with Crippen LogP contribution in [-0.4, -0.2) is 19.3 Å². The summed E-state index contributed by atoms with van der Waals surface area (Å²) in [5.74, 6) is 0. The Hall–Kier alpha value is -2.33. The lowest BCUT2D eigenvalue weighted by Crippen LogP contribution is -2.30. The van der Waals surface area contributed by atoms with Crippen LogP contribution in [0.3, 0.4) is 0 Å². The fraction of sp³-hybridized carbons (Fsp3) is 0.158. The standard InChI is InChI=1S/C19H19NO2S/c1-15-8-10-19(11-9-15)23(21,22)20-13-16(2)12-18(14-20)17-6-4-3-5-7-17/h3-11,14H,2,12-13H2,1H3. The Kier molecular flexibility index (Phi) is 4.09. The summed E-state index contributed by atoms with van der Waals surface area (Å²) in [4.78, 5) is 0.307. The van der Waals surface area contributed by atoms with Crippen LogP contribution in [0.2, 0.25) is 0 Å². The van der Waals surface area contributed by atoms with E-state index in [1.165, 1.54) is 4.31 Å². The number of benzene rings is 2. The zero-order chi connectivity index (χ0) is 16.4. The van der Waals surface area contributed by atoms with Gasteiger partial charge in [-0.25, -0.2) is 8.42 Å². The van der Waals surface area contributed by atoms with Crippen molar-refractivity contribution in [2.45, 2.75) is 18.2 Å². The SMILES string of the molecule is C=C1CC(c2ccccc2)=CN(S(=O)(=O)c2ccc(C)cc2)C1. The van der Waals surface area contributed by atoms with E-state index in [2.05, 4.69) is 6.58 Å². The zero-order valence-corrected chi connectivity index (χ0v) is 13.9. The molecule has 0 amide bonds. The number of allylic oxidation sites excluding steroid dienone is 1. The maximum atomic E-state index is 12.9. The maximum Gasteiger partial charge on any atom is 0.264 e. The van der Waals surface area contributed by atoms with Crippen molar-refractivity contribution in [3.8, 4) is 0 Å². The highest BCUT2D eigenvalue weighted by atomic mass is 32.2. The molecule has 0 N–H and O–H groups in total. The Morgan fingerprint density at radius 2 is 1.65 bits per heavy atom. The van der Waals surface area contributed by atoms with Crippen LogP contribution in [0.25, 0.3) is 5.57 Å². The van der Waals surface area contributed by atoms with Gasteiger partial charge in [0, 0.05) is 6.20 Å². The quantitative estimate of drug-likeness (QED) is 0.800. The summed E-state index contributed by atoms with van der Waals surface area (Å²) in [6.07, 6.45) is 2.43. The van der Waals surface area contributed by atoms with Crippen molar-refractivity contribution in [3.63, 3.8) is 0 Å². The van der Waals surface area contributed by atoms with E-state index in [-0.39, 0.29) is 0 Å². The smallest absolute Gasteiger partial charge is 0.264 e. The fourth-order valence-corrected chi connectivity index (χ4v) is 4.01. The van der Waals surface area contributed by atoms with Gasteiger partial charge in [-0.3, -0.25) is 4.31 Å². The summed E-state index contributed by atoms with van der Waals surface area (Å²) >= 11 is 0. The number of hydrogen-bond donors (Lipinski definition) is 0. The molecule has 118 valence electrons. The van der Waals surface area contributed by atoms with E-state index < -0.39 is 10.0 Å². The van der Waals surface area contributed by atoms with Crippen molar-refractivity contribution >= 4 is 15.6 Å². The molecule has 0 spiro atoms. The van der Waals surface area contributed by atoms with E-state index in [9.17, 15) is 8.42 Å². The molecule has 1 aliphatic rings. The number of sulfonamides is 1. The average Bonchev–Trinajstić information content (AvgIpc) is 2.55. The Morgan fingerprint density at radius 1 is 1.00 bits per heavy atom. The lowest BCUT2D eigenvalue weighted by Gasteiger charge is -2.28. The first-order chi connectivity index (χ1) is 11.0. The Labute approximate surface area is 137 Å². The van der Waals surface area contributed by atoms with Crippen LogP contribution in [0, 0.1) is 6.92 Å². The van der Waals surface area contributed by atoms with Crippen LogP contribution in [0.4, 0.5) is 0 Å². The van der Waals surface area contributed by atoms with E-state index >= 15 is 0 Å². The van der Waals surface area contributed by atoms with E-state index in [1.54, 1.807) is 18.3 Å². The number of aryl methyl sites for hydroxylation is 1. The van der Waals surface area contributed by atoms with Gasteiger partial charge in [0.15, 0.2) is 0 Å². The highest BCUT2D eigenvalue weighted by Crippen LogP contribution is 2.30. The van der Waals surface area contributed by atoms with Crippen molar-refractivity contribution in [1.82, 2.24) is 4.31 Å². The van der Waals surface area contributed by atoms with E-state index in [4.69, 9.17) is 0 Å². The first-order valence-corrected chi connectivity index (χ1v) is 8.92. The molecule has 2 aromatic rings. The summed E-state index contributed by atoms with van der Waals surface area (Å²) in [6, 6.07) is 16.8. The zero-order valence-electron chi connectivity index (χ0n) is 13.1. The molecular weight excluding hydrogens is 306 g/mol. The van der Waals surface area contributed by atoms with E-state index in [1.807, 2.05) is 49.4 Å². The molecular formula is C19H19NO2S.